The smallest absolute Gasteiger partial charge is 0.303 e. The summed E-state index contributed by atoms with van der Waals surface area (Å²) < 4.78 is 0. The Kier molecular flexibility index (Phi) is 6.12. The largest absolute Gasteiger partial charge is 0.481 e. The summed E-state index contributed by atoms with van der Waals surface area (Å²) in [5, 5.41) is 8.68. The van der Waals surface area contributed by atoms with Crippen LogP contribution in [0, 0.1) is 11.8 Å². The van der Waals surface area contributed by atoms with Crippen LogP contribution < -0.4 is 5.73 Å². The molecule has 1 rings (SSSR count). The Labute approximate surface area is 108 Å². The van der Waals surface area contributed by atoms with Gasteiger partial charge in [0.15, 0.2) is 0 Å². The lowest BCUT2D eigenvalue weighted by Gasteiger charge is -2.34. The van der Waals surface area contributed by atoms with E-state index in [1.807, 2.05) is 11.8 Å². The second-order valence-electron chi connectivity index (χ2n) is 5.20. The molecule has 3 N–H and O–H groups in total. The van der Waals surface area contributed by atoms with Crippen LogP contribution >= 0.6 is 0 Å². The van der Waals surface area contributed by atoms with Gasteiger partial charge in [-0.05, 0) is 38.1 Å². The average molecular weight is 256 g/mol. The second-order valence-corrected chi connectivity index (χ2v) is 5.20. The molecular weight excluding hydrogens is 232 g/mol. The molecule has 1 aliphatic rings. The fraction of sp³-hybridized carbons (Fsp3) is 0.846. The van der Waals surface area contributed by atoms with Gasteiger partial charge in [0.05, 0.1) is 0 Å². The first-order valence-electron chi connectivity index (χ1n) is 6.75. The van der Waals surface area contributed by atoms with E-state index in [1.165, 1.54) is 0 Å². The monoisotopic (exact) mass is 256 g/mol. The molecule has 0 aromatic rings. The van der Waals surface area contributed by atoms with Crippen LogP contribution in [-0.2, 0) is 9.59 Å². The molecule has 5 heteroatoms. The summed E-state index contributed by atoms with van der Waals surface area (Å²) in [5.74, 6) is -0.271. The van der Waals surface area contributed by atoms with Crippen LogP contribution in [0.4, 0.5) is 0 Å². The molecule has 1 aliphatic heterocycles. The highest BCUT2D eigenvalue weighted by Gasteiger charge is 2.26. The van der Waals surface area contributed by atoms with Crippen molar-refractivity contribution in [2.24, 2.45) is 17.6 Å². The maximum absolute atomic E-state index is 12.1. The molecule has 0 spiro atoms. The van der Waals surface area contributed by atoms with E-state index in [2.05, 4.69) is 0 Å². The van der Waals surface area contributed by atoms with Crippen molar-refractivity contribution in [1.29, 1.82) is 0 Å². The van der Waals surface area contributed by atoms with Crippen molar-refractivity contribution in [1.82, 2.24) is 4.90 Å². The lowest BCUT2D eigenvalue weighted by atomic mass is 9.92. The topological polar surface area (TPSA) is 83.6 Å². The summed E-state index contributed by atoms with van der Waals surface area (Å²) in [4.78, 5) is 24.6. The highest BCUT2D eigenvalue weighted by molar-refractivity contribution is 5.78. The Balaban J connectivity index is 2.42. The van der Waals surface area contributed by atoms with Gasteiger partial charge in [0.1, 0.15) is 0 Å². The van der Waals surface area contributed by atoms with Crippen LogP contribution in [0.5, 0.6) is 0 Å². The van der Waals surface area contributed by atoms with Gasteiger partial charge >= 0.3 is 5.97 Å². The summed E-state index contributed by atoms with van der Waals surface area (Å²) in [6.07, 6.45) is 3.60. The first-order valence-corrected chi connectivity index (χ1v) is 6.75. The molecule has 104 valence electrons. The minimum Gasteiger partial charge on any atom is -0.481 e. The lowest BCUT2D eigenvalue weighted by Crippen LogP contribution is -2.42. The van der Waals surface area contributed by atoms with Crippen molar-refractivity contribution in [3.05, 3.63) is 0 Å². The molecule has 2 unspecified atom stereocenters. The zero-order chi connectivity index (χ0) is 13.5. The summed E-state index contributed by atoms with van der Waals surface area (Å²) in [5.41, 5.74) is 5.47. The molecule has 1 heterocycles. The van der Waals surface area contributed by atoms with Crippen LogP contribution in [0.25, 0.3) is 0 Å². The van der Waals surface area contributed by atoms with E-state index in [9.17, 15) is 9.59 Å². The maximum Gasteiger partial charge on any atom is 0.303 e. The van der Waals surface area contributed by atoms with E-state index in [0.717, 1.165) is 25.8 Å². The quantitative estimate of drug-likeness (QED) is 0.744. The van der Waals surface area contributed by atoms with Gasteiger partial charge in [0, 0.05) is 25.4 Å². The minimum atomic E-state index is -0.755. The van der Waals surface area contributed by atoms with Crippen molar-refractivity contribution in [3.63, 3.8) is 0 Å². The number of nitrogens with zero attached hydrogens (tertiary/aromatic N) is 1. The number of carboxylic acids is 1. The fourth-order valence-corrected chi connectivity index (χ4v) is 2.51. The number of carbonyl (C=O) groups excluding carboxylic acids is 1. The number of hydrogen-bond donors (Lipinski definition) is 2. The van der Waals surface area contributed by atoms with Crippen LogP contribution in [0.2, 0.25) is 0 Å². The first kappa shape index (κ1) is 15.0. The van der Waals surface area contributed by atoms with Crippen LogP contribution in [-0.4, -0.2) is 41.5 Å². The molecule has 0 aromatic carbocycles. The van der Waals surface area contributed by atoms with Crippen LogP contribution in [0.3, 0.4) is 0 Å². The zero-order valence-electron chi connectivity index (χ0n) is 11.1. The normalized spacial score (nSPS) is 21.7. The molecule has 0 aliphatic carbocycles. The number of carboxylic acid groups (broad SMARTS) is 1. The minimum absolute atomic E-state index is 0.0202. The summed E-state index contributed by atoms with van der Waals surface area (Å²) in [7, 11) is 0. The van der Waals surface area contributed by atoms with E-state index < -0.39 is 5.97 Å². The highest BCUT2D eigenvalue weighted by Crippen LogP contribution is 2.22. The average Bonchev–Trinajstić information content (AvgIpc) is 2.36. The predicted molar refractivity (Wildman–Crippen MR) is 69.0 cm³/mol. The number of carbonyl (C=O) groups is 2. The van der Waals surface area contributed by atoms with Gasteiger partial charge in [-0.15, -0.1) is 0 Å². The Morgan fingerprint density at radius 2 is 2.22 bits per heavy atom. The van der Waals surface area contributed by atoms with E-state index in [0.29, 0.717) is 25.4 Å². The van der Waals surface area contributed by atoms with Gasteiger partial charge in [-0.1, -0.05) is 6.92 Å². The molecule has 0 saturated carbocycles. The van der Waals surface area contributed by atoms with Crippen molar-refractivity contribution in [2.75, 3.05) is 19.6 Å². The Hall–Kier alpha value is -1.10. The van der Waals surface area contributed by atoms with Gasteiger partial charge < -0.3 is 15.7 Å². The Morgan fingerprint density at radius 3 is 2.83 bits per heavy atom. The second kappa shape index (κ2) is 7.36. The van der Waals surface area contributed by atoms with Gasteiger partial charge in [-0.3, -0.25) is 9.59 Å². The summed E-state index contributed by atoms with van der Waals surface area (Å²) in [6, 6.07) is 0. The lowest BCUT2D eigenvalue weighted by molar-refractivity contribution is -0.138. The molecule has 1 fully saturated rings. The Bertz CT molecular complexity index is 294. The summed E-state index contributed by atoms with van der Waals surface area (Å²) >= 11 is 0. The van der Waals surface area contributed by atoms with E-state index in [1.54, 1.807) is 0 Å². The highest BCUT2D eigenvalue weighted by atomic mass is 16.4. The van der Waals surface area contributed by atoms with Crippen molar-refractivity contribution in [2.45, 2.75) is 39.0 Å². The third-order valence-electron chi connectivity index (χ3n) is 3.62. The number of rotatable bonds is 6. The molecule has 0 aromatic heterocycles. The molecule has 1 amide bonds. The molecule has 18 heavy (non-hydrogen) atoms. The number of amides is 1. The first-order chi connectivity index (χ1) is 8.54. The van der Waals surface area contributed by atoms with Crippen molar-refractivity contribution < 1.29 is 14.7 Å². The number of likely N-dealkylation sites (tertiary alicyclic amines) is 1. The van der Waals surface area contributed by atoms with Gasteiger partial charge in [0.2, 0.25) is 5.91 Å². The van der Waals surface area contributed by atoms with Crippen LogP contribution in [0.1, 0.15) is 39.0 Å². The van der Waals surface area contributed by atoms with Crippen molar-refractivity contribution >= 4 is 11.9 Å². The van der Waals surface area contributed by atoms with Crippen LogP contribution in [0.15, 0.2) is 0 Å². The molecule has 0 radical (unpaired) electrons. The number of aliphatic carboxylic acids is 1. The predicted octanol–water partition coefficient (Wildman–Crippen LogP) is 1.07. The number of nitrogens with two attached hydrogens (primary N) is 1. The third kappa shape index (κ3) is 4.64. The third-order valence-corrected chi connectivity index (χ3v) is 3.62. The van der Waals surface area contributed by atoms with Gasteiger partial charge in [-0.25, -0.2) is 0 Å². The van der Waals surface area contributed by atoms with Gasteiger partial charge in [-0.2, -0.15) is 0 Å². The molecular formula is C13H24N2O3. The molecule has 0 bridgehead atoms. The fourth-order valence-electron chi connectivity index (χ4n) is 2.51. The number of hydrogen-bond acceptors (Lipinski definition) is 3. The molecule has 5 nitrogen and oxygen atoms in total. The molecule has 1 saturated heterocycles. The zero-order valence-corrected chi connectivity index (χ0v) is 11.1. The van der Waals surface area contributed by atoms with E-state index in [-0.39, 0.29) is 18.2 Å². The number of piperidine rings is 1. The van der Waals surface area contributed by atoms with Crippen molar-refractivity contribution in [3.8, 4) is 0 Å². The maximum atomic E-state index is 12.1. The Morgan fingerprint density at radius 1 is 1.50 bits per heavy atom. The van der Waals surface area contributed by atoms with Gasteiger partial charge in [0.25, 0.3) is 0 Å². The van der Waals surface area contributed by atoms with E-state index >= 15 is 0 Å². The standard InChI is InChI=1S/C13H24N2O3/c1-10(6-7-14)13(18)15-8-2-3-11(9-15)4-5-12(16)17/h10-11H,2-9,14H2,1H3,(H,16,17). The van der Waals surface area contributed by atoms with E-state index in [4.69, 9.17) is 10.8 Å². The SMILES string of the molecule is CC(CCN)C(=O)N1CCCC(CCC(=O)O)C1. The summed E-state index contributed by atoms with van der Waals surface area (Å²) in [6.45, 7) is 3.96. The molecule has 2 atom stereocenters.